The maximum atomic E-state index is 11.7. The molecule has 30 heavy (non-hydrogen) atoms. The van der Waals surface area contributed by atoms with Gasteiger partial charge in [-0.15, -0.1) is 0 Å². The predicted octanol–water partition coefficient (Wildman–Crippen LogP) is 5.11. The van der Waals surface area contributed by atoms with Gasteiger partial charge in [-0.1, -0.05) is 25.5 Å². The van der Waals surface area contributed by atoms with E-state index in [4.69, 9.17) is 14.2 Å². The molecule has 0 spiro atoms. The lowest BCUT2D eigenvalue weighted by atomic mass is 10.3. The van der Waals surface area contributed by atoms with Crippen LogP contribution in [-0.2, 0) is 0 Å². The molecule has 0 aliphatic carbocycles. The number of unbranched alkanes of at least 4 members (excludes halogenated alkanes) is 1. The quantitative estimate of drug-likeness (QED) is 0.279. The number of methoxy groups -OCH3 is 1. The lowest BCUT2D eigenvalue weighted by Gasteiger charge is -2.11. The molecule has 156 valence electrons. The lowest BCUT2D eigenvalue weighted by molar-refractivity contribution is -0.385. The molecule has 0 bridgehead atoms. The second-order valence-corrected chi connectivity index (χ2v) is 6.24. The van der Waals surface area contributed by atoms with Crippen molar-refractivity contribution in [3.8, 4) is 23.1 Å². The Morgan fingerprint density at radius 2 is 1.80 bits per heavy atom. The van der Waals surface area contributed by atoms with Gasteiger partial charge in [0.15, 0.2) is 11.5 Å². The molecule has 0 unspecified atom stereocenters. The van der Waals surface area contributed by atoms with Gasteiger partial charge in [0.05, 0.1) is 18.6 Å². The lowest BCUT2D eigenvalue weighted by Crippen LogP contribution is -2.04. The molecule has 3 aromatic rings. The van der Waals surface area contributed by atoms with Crippen molar-refractivity contribution < 1.29 is 19.1 Å². The number of benzene rings is 2. The maximum Gasteiger partial charge on any atom is 0.373 e. The molecule has 0 aliphatic rings. The average molecular weight is 410 g/mol. The summed E-state index contributed by atoms with van der Waals surface area (Å²) in [5.74, 6) is 1.28. The van der Waals surface area contributed by atoms with Crippen molar-refractivity contribution in [3.05, 3.63) is 65.0 Å². The molecular formula is C21H22N4O5. The number of anilines is 2. The molecular weight excluding hydrogens is 388 g/mol. The number of hydrogen-bond acceptors (Lipinski definition) is 8. The van der Waals surface area contributed by atoms with Crippen LogP contribution in [0.15, 0.2) is 54.9 Å². The van der Waals surface area contributed by atoms with Gasteiger partial charge in [-0.2, -0.15) is 4.98 Å². The summed E-state index contributed by atoms with van der Waals surface area (Å²) in [5.41, 5.74) is 0.231. The van der Waals surface area contributed by atoms with E-state index in [-0.39, 0.29) is 17.4 Å². The number of nitrogens with zero attached hydrogens (tertiary/aromatic N) is 3. The number of hydrogen-bond donors (Lipinski definition) is 1. The van der Waals surface area contributed by atoms with Crippen molar-refractivity contribution in [2.75, 3.05) is 19.0 Å². The topological polar surface area (TPSA) is 109 Å². The fraction of sp³-hybridized carbons (Fsp3) is 0.238. The zero-order valence-corrected chi connectivity index (χ0v) is 16.7. The van der Waals surface area contributed by atoms with Gasteiger partial charge in [0.1, 0.15) is 12.1 Å². The van der Waals surface area contributed by atoms with E-state index in [0.29, 0.717) is 23.8 Å². The molecule has 1 N–H and O–H groups in total. The molecule has 1 heterocycles. The Balaban J connectivity index is 1.83. The van der Waals surface area contributed by atoms with Crippen LogP contribution in [0.4, 0.5) is 17.2 Å². The van der Waals surface area contributed by atoms with Crippen molar-refractivity contribution >= 4 is 17.2 Å². The van der Waals surface area contributed by atoms with Crippen LogP contribution in [-0.4, -0.2) is 28.6 Å². The van der Waals surface area contributed by atoms with Crippen molar-refractivity contribution in [2.45, 2.75) is 19.8 Å². The molecule has 0 atom stereocenters. The first-order chi connectivity index (χ1) is 14.6. The first kappa shape index (κ1) is 20.8. The van der Waals surface area contributed by atoms with Gasteiger partial charge in [-0.25, -0.2) is 4.98 Å². The van der Waals surface area contributed by atoms with E-state index in [1.165, 1.54) is 13.4 Å². The summed E-state index contributed by atoms with van der Waals surface area (Å²) < 4.78 is 16.5. The van der Waals surface area contributed by atoms with Gasteiger partial charge in [0, 0.05) is 5.69 Å². The fourth-order valence-corrected chi connectivity index (χ4v) is 2.61. The zero-order valence-electron chi connectivity index (χ0n) is 16.7. The van der Waals surface area contributed by atoms with Gasteiger partial charge >= 0.3 is 11.6 Å². The van der Waals surface area contributed by atoms with Crippen LogP contribution in [0.3, 0.4) is 0 Å². The highest BCUT2D eigenvalue weighted by molar-refractivity contribution is 5.69. The minimum atomic E-state index is -0.588. The van der Waals surface area contributed by atoms with Gasteiger partial charge in [-0.3, -0.25) is 10.1 Å². The Bertz CT molecular complexity index is 995. The Morgan fingerprint density at radius 3 is 2.47 bits per heavy atom. The zero-order chi connectivity index (χ0) is 21.3. The number of rotatable bonds is 10. The number of aromatic nitrogens is 2. The van der Waals surface area contributed by atoms with Crippen LogP contribution in [0.5, 0.6) is 23.1 Å². The van der Waals surface area contributed by atoms with Crippen LogP contribution < -0.4 is 19.5 Å². The summed E-state index contributed by atoms with van der Waals surface area (Å²) in [5, 5.41) is 14.7. The Hall–Kier alpha value is -3.88. The highest BCUT2D eigenvalue weighted by atomic mass is 16.6. The molecule has 0 aliphatic heterocycles. The Labute approximate surface area is 173 Å². The Morgan fingerprint density at radius 1 is 1.07 bits per heavy atom. The number of para-hydroxylation sites is 2. The minimum absolute atomic E-state index is 0.0135. The molecule has 0 radical (unpaired) electrons. The normalized spacial score (nSPS) is 10.3. The fourth-order valence-electron chi connectivity index (χ4n) is 2.61. The van der Waals surface area contributed by atoms with Gasteiger partial charge in [0.25, 0.3) is 0 Å². The second-order valence-electron chi connectivity index (χ2n) is 6.24. The standard InChI is InChI=1S/C21H22N4O5/c1-3-4-13-29-16-11-9-15(10-12-16)24-20-19(25(26)27)21(23-14-22-20)30-18-8-6-5-7-17(18)28-2/h5-12,14H,3-4,13H2,1-2H3,(H,22,23,24). The molecule has 0 saturated carbocycles. The van der Waals surface area contributed by atoms with E-state index in [9.17, 15) is 10.1 Å². The molecule has 3 rings (SSSR count). The summed E-state index contributed by atoms with van der Waals surface area (Å²) >= 11 is 0. The predicted molar refractivity (Wildman–Crippen MR) is 112 cm³/mol. The summed E-state index contributed by atoms with van der Waals surface area (Å²) in [7, 11) is 1.49. The van der Waals surface area contributed by atoms with E-state index < -0.39 is 4.92 Å². The molecule has 9 heteroatoms. The number of nitro groups is 1. The Kier molecular flexibility index (Phi) is 6.99. The highest BCUT2D eigenvalue weighted by Gasteiger charge is 2.26. The average Bonchev–Trinajstić information content (AvgIpc) is 2.75. The van der Waals surface area contributed by atoms with Crippen molar-refractivity contribution in [3.63, 3.8) is 0 Å². The van der Waals surface area contributed by atoms with E-state index in [1.807, 2.05) is 0 Å². The first-order valence-electron chi connectivity index (χ1n) is 9.42. The summed E-state index contributed by atoms with van der Waals surface area (Å²) in [6, 6.07) is 13.9. The van der Waals surface area contributed by atoms with Gasteiger partial charge < -0.3 is 19.5 Å². The third-order valence-corrected chi connectivity index (χ3v) is 4.13. The molecule has 0 saturated heterocycles. The van der Waals surface area contributed by atoms with Crippen LogP contribution in [0, 0.1) is 10.1 Å². The largest absolute Gasteiger partial charge is 0.494 e. The van der Waals surface area contributed by atoms with Crippen LogP contribution >= 0.6 is 0 Å². The van der Waals surface area contributed by atoms with Crippen LogP contribution in [0.25, 0.3) is 0 Å². The summed E-state index contributed by atoms with van der Waals surface area (Å²) in [4.78, 5) is 19.1. The van der Waals surface area contributed by atoms with E-state index >= 15 is 0 Å². The van der Waals surface area contributed by atoms with E-state index in [1.54, 1.807) is 48.5 Å². The number of nitrogens with one attached hydrogen (secondary N) is 1. The summed E-state index contributed by atoms with van der Waals surface area (Å²) in [6.07, 6.45) is 3.22. The van der Waals surface area contributed by atoms with E-state index in [2.05, 4.69) is 22.2 Å². The molecule has 0 fully saturated rings. The van der Waals surface area contributed by atoms with E-state index in [0.717, 1.165) is 18.6 Å². The first-order valence-corrected chi connectivity index (χ1v) is 9.42. The van der Waals surface area contributed by atoms with Crippen molar-refractivity contribution in [2.24, 2.45) is 0 Å². The van der Waals surface area contributed by atoms with Gasteiger partial charge in [-0.05, 0) is 42.8 Å². The second kappa shape index (κ2) is 10.1. The highest BCUT2D eigenvalue weighted by Crippen LogP contribution is 2.38. The maximum absolute atomic E-state index is 11.7. The van der Waals surface area contributed by atoms with Crippen molar-refractivity contribution in [1.29, 1.82) is 0 Å². The monoisotopic (exact) mass is 410 g/mol. The molecule has 1 aromatic heterocycles. The molecule has 0 amide bonds. The summed E-state index contributed by atoms with van der Waals surface area (Å²) in [6.45, 7) is 2.74. The number of ether oxygens (including phenoxy) is 3. The molecule has 9 nitrogen and oxygen atoms in total. The SMILES string of the molecule is CCCCOc1ccc(Nc2ncnc(Oc3ccccc3OC)c2[N+](=O)[O-])cc1. The minimum Gasteiger partial charge on any atom is -0.494 e. The van der Waals surface area contributed by atoms with Gasteiger partial charge in [0.2, 0.25) is 5.82 Å². The van der Waals surface area contributed by atoms with Crippen molar-refractivity contribution in [1.82, 2.24) is 9.97 Å². The van der Waals surface area contributed by atoms with Crippen LogP contribution in [0.2, 0.25) is 0 Å². The smallest absolute Gasteiger partial charge is 0.373 e. The molecule has 2 aromatic carbocycles. The third kappa shape index (κ3) is 5.13. The third-order valence-electron chi connectivity index (χ3n) is 4.13. The van der Waals surface area contributed by atoms with Crippen LogP contribution in [0.1, 0.15) is 19.8 Å².